The van der Waals surface area contributed by atoms with E-state index >= 15 is 0 Å². The van der Waals surface area contributed by atoms with Crippen molar-refractivity contribution in [3.05, 3.63) is 151 Å². The third kappa shape index (κ3) is 3.98. The first kappa shape index (κ1) is 25.8. The highest BCUT2D eigenvalue weighted by Crippen LogP contribution is 2.49. The first-order chi connectivity index (χ1) is 22.8. The molecule has 8 aromatic rings. The first-order valence-corrected chi connectivity index (χ1v) is 16.4. The zero-order chi connectivity index (χ0) is 30.2. The normalized spacial score (nSPS) is 17.1. The summed E-state index contributed by atoms with van der Waals surface area (Å²) in [7, 11) is 0. The van der Waals surface area contributed by atoms with Gasteiger partial charge in [0.2, 0.25) is 0 Å². The van der Waals surface area contributed by atoms with Crippen molar-refractivity contribution >= 4 is 60.8 Å². The van der Waals surface area contributed by atoms with Gasteiger partial charge in [-0.25, -0.2) is 15.0 Å². The lowest BCUT2D eigenvalue weighted by Crippen LogP contribution is -2.11. The van der Waals surface area contributed by atoms with Crippen molar-refractivity contribution in [2.45, 2.75) is 16.1 Å². The number of nitrogens with zero attached hydrogens (tertiary/aromatic N) is 3. The van der Waals surface area contributed by atoms with Gasteiger partial charge in [-0.3, -0.25) is 0 Å². The molecule has 1 aliphatic carbocycles. The van der Waals surface area contributed by atoms with Gasteiger partial charge in [-0.05, 0) is 51.4 Å². The van der Waals surface area contributed by atoms with E-state index in [0.717, 1.165) is 38.6 Å². The van der Waals surface area contributed by atoms with Gasteiger partial charge in [0.15, 0.2) is 17.5 Å². The molecule has 0 amide bonds. The van der Waals surface area contributed by atoms with Crippen LogP contribution in [0.3, 0.4) is 0 Å². The fourth-order valence-corrected chi connectivity index (χ4v) is 8.38. The fourth-order valence-electron chi connectivity index (χ4n) is 7.06. The number of rotatable bonds is 3. The smallest absolute Gasteiger partial charge is 0.164 e. The molecule has 4 nitrogen and oxygen atoms in total. The summed E-state index contributed by atoms with van der Waals surface area (Å²) in [6.45, 7) is 0. The Bertz CT molecular complexity index is 2600. The minimum absolute atomic E-state index is 0.276. The number of fused-ring (bicyclic) bond motifs is 9. The van der Waals surface area contributed by atoms with Crippen LogP contribution in [0.2, 0.25) is 0 Å². The highest BCUT2D eigenvalue weighted by atomic mass is 32.2. The Morgan fingerprint density at radius 3 is 2.28 bits per heavy atom. The van der Waals surface area contributed by atoms with E-state index in [-0.39, 0.29) is 5.92 Å². The predicted octanol–water partition coefficient (Wildman–Crippen LogP) is 10.6. The van der Waals surface area contributed by atoms with Gasteiger partial charge in [0, 0.05) is 43.5 Å². The molecule has 0 N–H and O–H groups in total. The van der Waals surface area contributed by atoms with Gasteiger partial charge in [-0.2, -0.15) is 0 Å². The summed E-state index contributed by atoms with van der Waals surface area (Å²) < 4.78 is 6.25. The highest BCUT2D eigenvalue weighted by Gasteiger charge is 2.32. The number of aromatic nitrogens is 3. The van der Waals surface area contributed by atoms with Gasteiger partial charge in [-0.1, -0.05) is 115 Å². The monoisotopic (exact) mass is 607 g/mol. The molecule has 2 aromatic heterocycles. The maximum absolute atomic E-state index is 6.25. The number of hydrogen-bond donors (Lipinski definition) is 0. The number of furan rings is 1. The largest absolute Gasteiger partial charge is 0.456 e. The van der Waals surface area contributed by atoms with Crippen molar-refractivity contribution in [1.82, 2.24) is 15.0 Å². The van der Waals surface area contributed by atoms with E-state index in [9.17, 15) is 0 Å². The van der Waals surface area contributed by atoms with Crippen molar-refractivity contribution < 1.29 is 4.42 Å². The van der Waals surface area contributed by atoms with E-state index in [4.69, 9.17) is 19.4 Å². The van der Waals surface area contributed by atoms with Crippen LogP contribution in [0.5, 0.6) is 0 Å². The number of hydrogen-bond acceptors (Lipinski definition) is 5. The van der Waals surface area contributed by atoms with E-state index in [2.05, 4.69) is 109 Å². The van der Waals surface area contributed by atoms with E-state index in [1.54, 1.807) is 0 Å². The van der Waals surface area contributed by atoms with Gasteiger partial charge in [-0.15, -0.1) is 11.8 Å². The molecule has 5 heteroatoms. The summed E-state index contributed by atoms with van der Waals surface area (Å²) in [5.74, 6) is 2.23. The van der Waals surface area contributed by atoms with Crippen LogP contribution in [0.15, 0.2) is 149 Å². The molecule has 0 spiro atoms. The lowest BCUT2D eigenvalue weighted by atomic mass is 9.89. The van der Waals surface area contributed by atoms with Crippen LogP contribution in [0.25, 0.3) is 71.8 Å². The lowest BCUT2D eigenvalue weighted by Gasteiger charge is -2.19. The molecule has 2 aliphatic rings. The Hall–Kier alpha value is -5.52. The van der Waals surface area contributed by atoms with Gasteiger partial charge in [0.05, 0.1) is 0 Å². The Kier molecular flexibility index (Phi) is 5.60. The van der Waals surface area contributed by atoms with Crippen molar-refractivity contribution in [1.29, 1.82) is 0 Å². The summed E-state index contributed by atoms with van der Waals surface area (Å²) in [5.41, 5.74) is 5.93. The molecule has 0 radical (unpaired) electrons. The second-order valence-electron chi connectivity index (χ2n) is 11.9. The van der Waals surface area contributed by atoms with E-state index in [1.807, 2.05) is 42.1 Å². The molecule has 2 atom stereocenters. The maximum Gasteiger partial charge on any atom is 0.164 e. The first-order valence-electron chi connectivity index (χ1n) is 15.5. The van der Waals surface area contributed by atoms with Crippen LogP contribution in [-0.2, 0) is 0 Å². The molecule has 6 aromatic carbocycles. The Morgan fingerprint density at radius 2 is 1.33 bits per heavy atom. The zero-order valence-electron chi connectivity index (χ0n) is 24.6. The molecule has 2 unspecified atom stereocenters. The van der Waals surface area contributed by atoms with Crippen molar-refractivity contribution in [3.8, 4) is 22.8 Å². The topological polar surface area (TPSA) is 51.8 Å². The van der Waals surface area contributed by atoms with Crippen LogP contribution in [0.1, 0.15) is 17.3 Å². The van der Waals surface area contributed by atoms with Crippen molar-refractivity contribution in [2.24, 2.45) is 0 Å². The number of benzene rings is 6. The zero-order valence-corrected chi connectivity index (χ0v) is 25.4. The van der Waals surface area contributed by atoms with Crippen LogP contribution < -0.4 is 0 Å². The molecule has 46 heavy (non-hydrogen) atoms. The van der Waals surface area contributed by atoms with Crippen LogP contribution in [0, 0.1) is 0 Å². The van der Waals surface area contributed by atoms with Gasteiger partial charge < -0.3 is 4.42 Å². The molecule has 1 aliphatic heterocycles. The van der Waals surface area contributed by atoms with Crippen LogP contribution >= 0.6 is 11.8 Å². The number of para-hydroxylation sites is 1. The second-order valence-corrected chi connectivity index (χ2v) is 13.2. The van der Waals surface area contributed by atoms with Crippen molar-refractivity contribution in [2.75, 3.05) is 0 Å². The van der Waals surface area contributed by atoms with Crippen molar-refractivity contribution in [3.63, 3.8) is 0 Å². The summed E-state index contributed by atoms with van der Waals surface area (Å²) in [6, 6.07) is 42.4. The molecule has 0 saturated carbocycles. The van der Waals surface area contributed by atoms with Crippen LogP contribution in [0.4, 0.5) is 0 Å². The molecule has 10 rings (SSSR count). The predicted molar refractivity (Wildman–Crippen MR) is 189 cm³/mol. The summed E-state index contributed by atoms with van der Waals surface area (Å²) in [6.07, 6.45) is 6.83. The summed E-state index contributed by atoms with van der Waals surface area (Å²) in [5, 5.41) is 7.24. The Morgan fingerprint density at radius 1 is 0.587 bits per heavy atom. The standard InChI is InChI=1S/C41H25N3OS/c1-2-9-28-24(8-1)16-17-25-18-19-26(22-32(25)28)39-42-40(27-20-21-37-33(23-27)29-10-4-6-15-36(29)46-37)44-41(43-39)31-12-7-14-35-38(31)30-11-3-5-13-34(30)45-35/h1-23,33,37H. The maximum atomic E-state index is 6.25. The Labute approximate surface area is 269 Å². The fraction of sp³-hybridized carbons (Fsp3) is 0.0488. The van der Waals surface area contributed by atoms with E-state index in [0.29, 0.717) is 22.7 Å². The summed E-state index contributed by atoms with van der Waals surface area (Å²) >= 11 is 1.93. The van der Waals surface area contributed by atoms with Crippen LogP contribution in [-0.4, -0.2) is 20.2 Å². The minimum atomic E-state index is 0.276. The highest BCUT2D eigenvalue weighted by molar-refractivity contribution is 8.00. The Balaban J connectivity index is 1.21. The lowest BCUT2D eigenvalue weighted by molar-refractivity contribution is 0.669. The average molecular weight is 608 g/mol. The SMILES string of the molecule is C1=CC2Sc3ccccc3C2C=C1c1nc(-c2ccc3ccc4ccccc4c3c2)nc(-c2cccc3oc4ccccc4c23)n1. The average Bonchev–Trinajstić information content (AvgIpc) is 3.69. The van der Waals surface area contributed by atoms with Gasteiger partial charge in [0.25, 0.3) is 0 Å². The third-order valence-electron chi connectivity index (χ3n) is 9.26. The quantitative estimate of drug-likeness (QED) is 0.187. The number of thioether (sulfide) groups is 1. The van der Waals surface area contributed by atoms with E-state index in [1.165, 1.54) is 32.0 Å². The molecule has 0 bridgehead atoms. The van der Waals surface area contributed by atoms with Gasteiger partial charge in [0.1, 0.15) is 11.2 Å². The molecular weight excluding hydrogens is 583 g/mol. The van der Waals surface area contributed by atoms with E-state index < -0.39 is 0 Å². The summed E-state index contributed by atoms with van der Waals surface area (Å²) in [4.78, 5) is 16.9. The molecule has 216 valence electrons. The molecule has 3 heterocycles. The third-order valence-corrected chi connectivity index (χ3v) is 10.6. The van der Waals surface area contributed by atoms with Gasteiger partial charge >= 0.3 is 0 Å². The molecular formula is C41H25N3OS. The second kappa shape index (κ2) is 9.99. The minimum Gasteiger partial charge on any atom is -0.456 e. The number of allylic oxidation sites excluding steroid dienone is 3. The molecule has 0 saturated heterocycles. The molecule has 0 fully saturated rings.